The molecule has 0 aromatic heterocycles. The van der Waals surface area contributed by atoms with Crippen molar-refractivity contribution in [2.24, 2.45) is 17.3 Å². The Morgan fingerprint density at radius 3 is 2.58 bits per heavy atom. The third-order valence-electron chi connectivity index (χ3n) is 6.95. The summed E-state index contributed by atoms with van der Waals surface area (Å²) in [5.74, 6) is 1.60. The number of allylic oxidation sites excluding steroid dienone is 1. The Morgan fingerprint density at radius 2 is 1.96 bits per heavy atom. The lowest BCUT2D eigenvalue weighted by molar-refractivity contribution is -1.01. The van der Waals surface area contributed by atoms with Crippen LogP contribution in [0, 0.1) is 17.3 Å². The maximum atomic E-state index is 10.3. The number of quaternary nitrogens is 2. The van der Waals surface area contributed by atoms with Crippen molar-refractivity contribution >= 4 is 0 Å². The molecule has 138 valence electrons. The van der Waals surface area contributed by atoms with E-state index >= 15 is 0 Å². The average Bonchev–Trinajstić information content (AvgIpc) is 2.57. The maximum Gasteiger partial charge on any atom is 0.127 e. The second-order valence-corrected chi connectivity index (χ2v) is 8.94. The number of ether oxygens (including phenoxy) is 1. The van der Waals surface area contributed by atoms with E-state index < -0.39 is 0 Å². The van der Waals surface area contributed by atoms with Crippen molar-refractivity contribution in [3.8, 4) is 0 Å². The fraction of sp³-hybridized carbons (Fsp3) is 0.900. The van der Waals surface area contributed by atoms with Crippen LogP contribution in [0.5, 0.6) is 0 Å². The van der Waals surface area contributed by atoms with Gasteiger partial charge in [-0.25, -0.2) is 0 Å². The van der Waals surface area contributed by atoms with Crippen molar-refractivity contribution in [1.82, 2.24) is 0 Å². The van der Waals surface area contributed by atoms with Crippen LogP contribution in [0.15, 0.2) is 11.6 Å². The number of fused-ring (bicyclic) bond motifs is 1. The highest BCUT2D eigenvalue weighted by molar-refractivity contribution is 5.23. The molecule has 0 radical (unpaired) electrons. The molecule has 1 aliphatic heterocycles. The number of aliphatic hydroxyl groups is 1. The third kappa shape index (κ3) is 4.04. The molecule has 0 spiro atoms. The first-order valence-electron chi connectivity index (χ1n) is 10.1. The van der Waals surface area contributed by atoms with Crippen molar-refractivity contribution in [2.45, 2.75) is 46.1 Å². The SMILES string of the molecule is CCC[NH+]1CC[NH+](C[C@@H](O)COCC2=CC[C@H]3C[C@@H]2C3(C)C)CC1. The molecule has 3 aliphatic carbocycles. The molecule has 4 nitrogen and oxygen atoms in total. The summed E-state index contributed by atoms with van der Waals surface area (Å²) in [6, 6.07) is 0. The number of rotatable bonds is 8. The van der Waals surface area contributed by atoms with Crippen LogP contribution in [0.2, 0.25) is 0 Å². The first-order chi connectivity index (χ1) is 11.5. The van der Waals surface area contributed by atoms with Crippen LogP contribution in [0.3, 0.4) is 0 Å². The summed E-state index contributed by atoms with van der Waals surface area (Å²) < 4.78 is 5.89. The number of hydrogen-bond donors (Lipinski definition) is 3. The molecule has 0 amide bonds. The van der Waals surface area contributed by atoms with E-state index in [2.05, 4.69) is 26.8 Å². The molecule has 4 aliphatic rings. The number of nitrogens with one attached hydrogen (secondary N) is 2. The van der Waals surface area contributed by atoms with Crippen molar-refractivity contribution in [2.75, 3.05) is 52.5 Å². The Hall–Kier alpha value is -0.420. The quantitative estimate of drug-likeness (QED) is 0.525. The standard InChI is InChI=1S/C20H36N2O2/c1-4-7-21-8-10-22(11-9-21)13-18(23)15-24-14-16-5-6-17-12-19(16)20(17,2)3/h5,17-19,23H,4,6-15H2,1-3H3/p+2/t17-,18+,19-/m0/s1. The van der Waals surface area contributed by atoms with Crippen LogP contribution in [0.25, 0.3) is 0 Å². The van der Waals surface area contributed by atoms with Crippen molar-refractivity contribution in [1.29, 1.82) is 0 Å². The first-order valence-corrected chi connectivity index (χ1v) is 10.1. The zero-order chi connectivity index (χ0) is 17.2. The summed E-state index contributed by atoms with van der Waals surface area (Å²) in [6.07, 6.45) is 5.92. The van der Waals surface area contributed by atoms with Crippen LogP contribution >= 0.6 is 0 Å². The molecular weight excluding hydrogens is 300 g/mol. The zero-order valence-electron chi connectivity index (χ0n) is 15.9. The van der Waals surface area contributed by atoms with E-state index in [0.29, 0.717) is 17.9 Å². The van der Waals surface area contributed by atoms with Crippen molar-refractivity contribution in [3.05, 3.63) is 11.6 Å². The summed E-state index contributed by atoms with van der Waals surface area (Å²) in [5, 5.41) is 10.3. The summed E-state index contributed by atoms with van der Waals surface area (Å²) in [4.78, 5) is 3.28. The van der Waals surface area contributed by atoms with E-state index in [0.717, 1.165) is 19.1 Å². The molecule has 1 saturated heterocycles. The minimum absolute atomic E-state index is 0.320. The van der Waals surface area contributed by atoms with Crippen LogP contribution in [-0.2, 0) is 4.74 Å². The van der Waals surface area contributed by atoms with Gasteiger partial charge in [-0.15, -0.1) is 0 Å². The highest BCUT2D eigenvalue weighted by Gasteiger charge is 2.50. The Bertz CT molecular complexity index is 441. The van der Waals surface area contributed by atoms with Crippen LogP contribution in [0.4, 0.5) is 0 Å². The summed E-state index contributed by atoms with van der Waals surface area (Å²) in [6.45, 7) is 15.3. The second-order valence-electron chi connectivity index (χ2n) is 8.94. The highest BCUT2D eigenvalue weighted by Crippen LogP contribution is 2.59. The Kier molecular flexibility index (Phi) is 6.02. The van der Waals surface area contributed by atoms with E-state index in [4.69, 9.17) is 4.74 Å². The highest BCUT2D eigenvalue weighted by atomic mass is 16.5. The van der Waals surface area contributed by atoms with Gasteiger partial charge in [-0.1, -0.05) is 26.8 Å². The van der Waals surface area contributed by atoms with Gasteiger partial charge >= 0.3 is 0 Å². The van der Waals surface area contributed by atoms with E-state index in [1.807, 2.05) is 0 Å². The molecule has 2 fully saturated rings. The molecule has 4 rings (SSSR count). The monoisotopic (exact) mass is 338 g/mol. The van der Waals surface area contributed by atoms with Gasteiger partial charge in [0, 0.05) is 0 Å². The summed E-state index contributed by atoms with van der Waals surface area (Å²) in [5.41, 5.74) is 1.95. The molecule has 0 aromatic carbocycles. The molecule has 2 bridgehead atoms. The normalized spacial score (nSPS) is 35.9. The van der Waals surface area contributed by atoms with Gasteiger partial charge in [0.2, 0.25) is 0 Å². The molecular formula is C20H38N2O2+2. The Balaban J connectivity index is 1.32. The van der Waals surface area contributed by atoms with Gasteiger partial charge in [0.25, 0.3) is 0 Å². The molecule has 24 heavy (non-hydrogen) atoms. The van der Waals surface area contributed by atoms with Gasteiger partial charge in [0.05, 0.1) is 19.8 Å². The van der Waals surface area contributed by atoms with Gasteiger partial charge in [0.15, 0.2) is 0 Å². The lowest BCUT2D eigenvalue weighted by Gasteiger charge is -2.56. The molecule has 0 aromatic rings. The van der Waals surface area contributed by atoms with Gasteiger partial charge in [-0.05, 0) is 42.1 Å². The topological polar surface area (TPSA) is 38.3 Å². The molecule has 0 unspecified atom stereocenters. The Labute approximate surface area is 147 Å². The largest absolute Gasteiger partial charge is 0.385 e. The summed E-state index contributed by atoms with van der Waals surface area (Å²) >= 11 is 0. The molecule has 4 heteroatoms. The number of hydrogen-bond acceptors (Lipinski definition) is 2. The van der Waals surface area contributed by atoms with Crippen LogP contribution < -0.4 is 9.80 Å². The minimum atomic E-state index is -0.320. The van der Waals surface area contributed by atoms with Gasteiger partial charge in [-0.2, -0.15) is 0 Å². The lowest BCUT2D eigenvalue weighted by Crippen LogP contribution is -3.28. The van der Waals surface area contributed by atoms with Gasteiger partial charge < -0.3 is 19.6 Å². The van der Waals surface area contributed by atoms with Gasteiger partial charge in [-0.3, -0.25) is 0 Å². The van der Waals surface area contributed by atoms with E-state index in [-0.39, 0.29) is 6.10 Å². The maximum absolute atomic E-state index is 10.3. The molecule has 1 saturated carbocycles. The van der Waals surface area contributed by atoms with Crippen molar-refractivity contribution in [3.63, 3.8) is 0 Å². The number of piperazine rings is 1. The fourth-order valence-electron chi connectivity index (χ4n) is 5.11. The fourth-order valence-corrected chi connectivity index (χ4v) is 5.11. The Morgan fingerprint density at radius 1 is 1.25 bits per heavy atom. The number of aliphatic hydroxyl groups excluding tert-OH is 1. The van der Waals surface area contributed by atoms with E-state index in [1.165, 1.54) is 57.6 Å². The van der Waals surface area contributed by atoms with Crippen LogP contribution in [0.1, 0.15) is 40.0 Å². The lowest BCUT2D eigenvalue weighted by atomic mass is 9.49. The summed E-state index contributed by atoms with van der Waals surface area (Å²) in [7, 11) is 0. The van der Waals surface area contributed by atoms with E-state index in [1.54, 1.807) is 9.80 Å². The first kappa shape index (κ1) is 18.4. The predicted octanol–water partition coefficient (Wildman–Crippen LogP) is -0.450. The predicted molar refractivity (Wildman–Crippen MR) is 96.3 cm³/mol. The van der Waals surface area contributed by atoms with E-state index in [9.17, 15) is 5.11 Å². The second kappa shape index (κ2) is 7.86. The third-order valence-corrected chi connectivity index (χ3v) is 6.95. The smallest absolute Gasteiger partial charge is 0.127 e. The van der Waals surface area contributed by atoms with Crippen LogP contribution in [-0.4, -0.2) is 63.7 Å². The molecule has 3 atom stereocenters. The van der Waals surface area contributed by atoms with Crippen molar-refractivity contribution < 1.29 is 19.6 Å². The molecule has 3 N–H and O–H groups in total. The average molecular weight is 339 g/mol. The zero-order valence-corrected chi connectivity index (χ0v) is 15.9. The minimum Gasteiger partial charge on any atom is -0.385 e. The van der Waals surface area contributed by atoms with Gasteiger partial charge in [0.1, 0.15) is 38.8 Å². The molecule has 1 heterocycles.